The van der Waals surface area contributed by atoms with E-state index in [1.807, 2.05) is 6.92 Å². The molecule has 0 radical (unpaired) electrons. The molecule has 1 fully saturated rings. The largest absolute Gasteiger partial charge is 0.441 e. The summed E-state index contributed by atoms with van der Waals surface area (Å²) < 4.78 is 19.4. The lowest BCUT2D eigenvalue weighted by atomic mass is 10.0. The lowest BCUT2D eigenvalue weighted by Crippen LogP contribution is -2.08. The van der Waals surface area contributed by atoms with Crippen LogP contribution in [0.2, 0.25) is 0 Å². The average Bonchev–Trinajstić information content (AvgIpc) is 3.18. The molecule has 5 heteroatoms. The molecular weight excluding hydrogens is 325 g/mol. The van der Waals surface area contributed by atoms with E-state index in [9.17, 15) is 9.18 Å². The van der Waals surface area contributed by atoms with Crippen molar-refractivity contribution < 1.29 is 13.6 Å². The first kappa shape index (κ1) is 17.2. The summed E-state index contributed by atoms with van der Waals surface area (Å²) in [6, 6.07) is 6.45. The van der Waals surface area contributed by atoms with E-state index >= 15 is 0 Å². The van der Waals surface area contributed by atoms with Gasteiger partial charge in [0.2, 0.25) is 5.89 Å². The zero-order chi connectivity index (χ0) is 16.9. The second-order valence-corrected chi connectivity index (χ2v) is 7.37. The number of oxazole rings is 1. The highest BCUT2D eigenvalue weighted by atomic mass is 32.2. The first-order valence-electron chi connectivity index (χ1n) is 8.44. The third-order valence-electron chi connectivity index (χ3n) is 4.49. The second kappa shape index (κ2) is 7.97. The highest BCUT2D eigenvalue weighted by molar-refractivity contribution is 7.99. The summed E-state index contributed by atoms with van der Waals surface area (Å²) in [5.74, 6) is 2.69. The van der Waals surface area contributed by atoms with Gasteiger partial charge in [0, 0.05) is 12.2 Å². The molecule has 0 N–H and O–H groups in total. The molecule has 0 aliphatic heterocycles. The van der Waals surface area contributed by atoms with E-state index in [2.05, 4.69) is 4.98 Å². The Morgan fingerprint density at radius 2 is 2.08 bits per heavy atom. The van der Waals surface area contributed by atoms with Crippen LogP contribution in [-0.2, 0) is 10.5 Å². The Labute approximate surface area is 146 Å². The molecule has 1 aromatic heterocycles. The first-order chi connectivity index (χ1) is 11.6. The maximum Gasteiger partial charge on any atom is 0.229 e. The highest BCUT2D eigenvalue weighted by Crippen LogP contribution is 2.29. The number of thioether (sulfide) groups is 1. The molecule has 0 bridgehead atoms. The maximum absolute atomic E-state index is 13.8. The fourth-order valence-corrected chi connectivity index (χ4v) is 4.08. The number of rotatable bonds is 7. The minimum atomic E-state index is -0.343. The molecule has 3 nitrogen and oxygen atoms in total. The number of nitrogens with zero attached hydrogens (tertiary/aromatic N) is 1. The van der Waals surface area contributed by atoms with Gasteiger partial charge < -0.3 is 4.42 Å². The normalized spacial score (nSPS) is 15.1. The SMILES string of the molecule is Cc1oc(-c2ccccc2F)nc1CSCC(=O)CC1CCCC1. The predicted molar refractivity (Wildman–Crippen MR) is 94.4 cm³/mol. The molecule has 128 valence electrons. The Morgan fingerprint density at radius 3 is 2.83 bits per heavy atom. The van der Waals surface area contributed by atoms with Crippen molar-refractivity contribution in [3.8, 4) is 11.5 Å². The van der Waals surface area contributed by atoms with Crippen LogP contribution in [0, 0.1) is 18.7 Å². The van der Waals surface area contributed by atoms with Gasteiger partial charge in [0.1, 0.15) is 17.4 Å². The number of ketones is 1. The van der Waals surface area contributed by atoms with Crippen LogP contribution in [0.4, 0.5) is 4.39 Å². The molecule has 2 aromatic rings. The van der Waals surface area contributed by atoms with Crippen LogP contribution in [0.1, 0.15) is 43.6 Å². The van der Waals surface area contributed by atoms with E-state index in [0.717, 1.165) is 5.69 Å². The molecule has 1 aliphatic carbocycles. The zero-order valence-electron chi connectivity index (χ0n) is 13.9. The fraction of sp³-hybridized carbons (Fsp3) is 0.474. The lowest BCUT2D eigenvalue weighted by Gasteiger charge is -2.06. The summed E-state index contributed by atoms with van der Waals surface area (Å²) in [6.45, 7) is 1.83. The third-order valence-corrected chi connectivity index (χ3v) is 5.49. The molecule has 24 heavy (non-hydrogen) atoms. The number of benzene rings is 1. The van der Waals surface area contributed by atoms with Crippen molar-refractivity contribution in [3.05, 3.63) is 41.5 Å². The van der Waals surface area contributed by atoms with E-state index in [0.29, 0.717) is 46.8 Å². The maximum atomic E-state index is 13.8. The zero-order valence-corrected chi connectivity index (χ0v) is 14.7. The Bertz CT molecular complexity index is 707. The molecule has 0 amide bonds. The van der Waals surface area contributed by atoms with Crippen LogP contribution < -0.4 is 0 Å². The van der Waals surface area contributed by atoms with Gasteiger partial charge >= 0.3 is 0 Å². The van der Waals surface area contributed by atoms with Crippen molar-refractivity contribution in [1.82, 2.24) is 4.98 Å². The molecule has 3 rings (SSSR count). The van der Waals surface area contributed by atoms with Gasteiger partial charge in [-0.3, -0.25) is 4.79 Å². The number of halogens is 1. The second-order valence-electron chi connectivity index (χ2n) is 6.39. The molecule has 0 spiro atoms. The van der Waals surface area contributed by atoms with E-state index in [1.165, 1.54) is 31.7 Å². The fourth-order valence-electron chi connectivity index (χ4n) is 3.17. The van der Waals surface area contributed by atoms with Crippen LogP contribution in [0.15, 0.2) is 28.7 Å². The van der Waals surface area contributed by atoms with Gasteiger partial charge in [0.25, 0.3) is 0 Å². The third kappa shape index (κ3) is 4.26. The molecule has 0 unspecified atom stereocenters. The number of hydrogen-bond donors (Lipinski definition) is 0. The van der Waals surface area contributed by atoms with Gasteiger partial charge in [-0.15, -0.1) is 11.8 Å². The van der Waals surface area contributed by atoms with Crippen LogP contribution in [-0.4, -0.2) is 16.5 Å². The van der Waals surface area contributed by atoms with Gasteiger partial charge in [-0.2, -0.15) is 0 Å². The van der Waals surface area contributed by atoms with Crippen molar-refractivity contribution >= 4 is 17.5 Å². The van der Waals surface area contributed by atoms with E-state index in [-0.39, 0.29) is 5.82 Å². The summed E-state index contributed by atoms with van der Waals surface area (Å²) >= 11 is 1.56. The van der Waals surface area contributed by atoms with Crippen molar-refractivity contribution in [2.45, 2.75) is 44.8 Å². The van der Waals surface area contributed by atoms with Gasteiger partial charge in [-0.25, -0.2) is 9.37 Å². The Morgan fingerprint density at radius 1 is 1.33 bits per heavy atom. The van der Waals surface area contributed by atoms with Gasteiger partial charge in [-0.1, -0.05) is 37.8 Å². The quantitative estimate of drug-likeness (QED) is 0.693. The highest BCUT2D eigenvalue weighted by Gasteiger charge is 2.19. The summed E-state index contributed by atoms with van der Waals surface area (Å²) in [5.41, 5.74) is 1.15. The van der Waals surface area contributed by atoms with Crippen molar-refractivity contribution in [2.24, 2.45) is 5.92 Å². The van der Waals surface area contributed by atoms with Crippen molar-refractivity contribution in [2.75, 3.05) is 5.75 Å². The number of hydrogen-bond acceptors (Lipinski definition) is 4. The number of carbonyl (C=O) groups excluding carboxylic acids is 1. The summed E-state index contributed by atoms with van der Waals surface area (Å²) in [4.78, 5) is 16.4. The number of aryl methyl sites for hydroxylation is 1. The molecule has 1 aromatic carbocycles. The van der Waals surface area contributed by atoms with Crippen molar-refractivity contribution in [3.63, 3.8) is 0 Å². The Balaban J connectivity index is 1.54. The Kier molecular flexibility index (Phi) is 5.72. The molecule has 0 saturated heterocycles. The predicted octanol–water partition coefficient (Wildman–Crippen LogP) is 5.17. The molecule has 0 atom stereocenters. The van der Waals surface area contributed by atoms with Gasteiger partial charge in [0.05, 0.1) is 17.0 Å². The monoisotopic (exact) mass is 347 g/mol. The Hall–Kier alpha value is -1.62. The smallest absolute Gasteiger partial charge is 0.229 e. The van der Waals surface area contributed by atoms with Gasteiger partial charge in [0.15, 0.2) is 0 Å². The van der Waals surface area contributed by atoms with Crippen LogP contribution >= 0.6 is 11.8 Å². The average molecular weight is 347 g/mol. The van der Waals surface area contributed by atoms with Crippen LogP contribution in [0.3, 0.4) is 0 Å². The summed E-state index contributed by atoms with van der Waals surface area (Å²) in [6.07, 6.45) is 5.64. The van der Waals surface area contributed by atoms with Crippen LogP contribution in [0.25, 0.3) is 11.5 Å². The van der Waals surface area contributed by atoms with E-state index < -0.39 is 0 Å². The van der Waals surface area contributed by atoms with Crippen molar-refractivity contribution in [1.29, 1.82) is 0 Å². The van der Waals surface area contributed by atoms with E-state index in [1.54, 1.807) is 30.0 Å². The molecular formula is C19H22FNO2S. The minimum Gasteiger partial charge on any atom is -0.441 e. The summed E-state index contributed by atoms with van der Waals surface area (Å²) in [7, 11) is 0. The number of carbonyl (C=O) groups is 1. The first-order valence-corrected chi connectivity index (χ1v) is 9.59. The van der Waals surface area contributed by atoms with E-state index in [4.69, 9.17) is 4.42 Å². The van der Waals surface area contributed by atoms with Gasteiger partial charge in [-0.05, 0) is 25.0 Å². The minimum absolute atomic E-state index is 0.304. The number of Topliss-reactive ketones (excluding diaryl/α,β-unsaturated/α-hetero) is 1. The molecule has 1 saturated carbocycles. The number of aromatic nitrogens is 1. The lowest BCUT2D eigenvalue weighted by molar-refractivity contribution is -0.117. The standard InChI is InChI=1S/C19H22FNO2S/c1-13-18(12-24-11-15(22)10-14-6-2-3-7-14)21-19(23-13)16-8-4-5-9-17(16)20/h4-5,8-9,14H,2-3,6-7,10-12H2,1H3. The summed E-state index contributed by atoms with van der Waals surface area (Å²) in [5, 5.41) is 0. The molecule has 1 heterocycles. The topological polar surface area (TPSA) is 43.1 Å². The van der Waals surface area contributed by atoms with Crippen LogP contribution in [0.5, 0.6) is 0 Å². The molecule has 1 aliphatic rings.